The standard InChI is InChI=1S/C68H130O6/c1-4-7-10-13-16-19-22-25-27-29-31-33-34-36-37-39-41-43-46-49-52-55-58-61-67(70)73-64-65(63-72-66(69)60-57-54-51-48-45-24-21-18-15-12-9-6-3)74-68(71)62-59-56-53-50-47-44-42-40-38-35-32-30-28-26-23-20-17-14-11-8-5-2/h30,32,65H,4-29,31,33-64H2,1-3H3/b32-30-. The van der Waals surface area contributed by atoms with Crippen molar-refractivity contribution >= 4 is 17.9 Å². The Balaban J connectivity index is 4.22. The molecule has 0 bridgehead atoms. The van der Waals surface area contributed by atoms with E-state index >= 15 is 0 Å². The first-order valence-corrected chi connectivity index (χ1v) is 33.7. The van der Waals surface area contributed by atoms with E-state index in [0.717, 1.165) is 57.8 Å². The van der Waals surface area contributed by atoms with Crippen molar-refractivity contribution in [1.29, 1.82) is 0 Å². The van der Waals surface area contributed by atoms with E-state index < -0.39 is 6.10 Å². The third-order valence-corrected chi connectivity index (χ3v) is 15.5. The van der Waals surface area contributed by atoms with Crippen LogP contribution in [0.5, 0.6) is 0 Å². The Labute approximate surface area is 462 Å². The molecule has 0 aliphatic heterocycles. The fraction of sp³-hybridized carbons (Fsp3) is 0.926. The molecule has 0 radical (unpaired) electrons. The van der Waals surface area contributed by atoms with Crippen LogP contribution in [0.3, 0.4) is 0 Å². The van der Waals surface area contributed by atoms with E-state index in [9.17, 15) is 14.4 Å². The largest absolute Gasteiger partial charge is 0.462 e. The lowest BCUT2D eigenvalue weighted by molar-refractivity contribution is -0.167. The second-order valence-corrected chi connectivity index (χ2v) is 23.1. The molecule has 0 aliphatic rings. The van der Waals surface area contributed by atoms with Crippen molar-refractivity contribution in [3.63, 3.8) is 0 Å². The van der Waals surface area contributed by atoms with Gasteiger partial charge in [-0.2, -0.15) is 0 Å². The highest BCUT2D eigenvalue weighted by Crippen LogP contribution is 2.18. The van der Waals surface area contributed by atoms with Crippen LogP contribution >= 0.6 is 0 Å². The fourth-order valence-corrected chi connectivity index (χ4v) is 10.4. The first-order valence-electron chi connectivity index (χ1n) is 33.7. The average molecular weight is 1040 g/mol. The fourth-order valence-electron chi connectivity index (χ4n) is 10.4. The van der Waals surface area contributed by atoms with Crippen LogP contribution in [-0.2, 0) is 28.6 Å². The normalized spacial score (nSPS) is 12.0. The van der Waals surface area contributed by atoms with Crippen LogP contribution in [0.2, 0.25) is 0 Å². The molecule has 0 N–H and O–H groups in total. The van der Waals surface area contributed by atoms with Gasteiger partial charge in [0.2, 0.25) is 0 Å². The molecule has 6 nitrogen and oxygen atoms in total. The second kappa shape index (κ2) is 63.7. The summed E-state index contributed by atoms with van der Waals surface area (Å²) in [4.78, 5) is 38.3. The van der Waals surface area contributed by atoms with Gasteiger partial charge in [-0.05, 0) is 44.9 Å². The number of allylic oxidation sites excluding steroid dienone is 2. The monoisotopic (exact) mass is 1040 g/mol. The summed E-state index contributed by atoms with van der Waals surface area (Å²) in [6.45, 7) is 6.72. The Morgan fingerprint density at radius 2 is 0.446 bits per heavy atom. The van der Waals surface area contributed by atoms with Crippen LogP contribution < -0.4 is 0 Å². The lowest BCUT2D eigenvalue weighted by Gasteiger charge is -2.18. The molecule has 0 fully saturated rings. The number of hydrogen-bond acceptors (Lipinski definition) is 6. The molecule has 0 saturated carbocycles. The first-order chi connectivity index (χ1) is 36.5. The minimum Gasteiger partial charge on any atom is -0.462 e. The van der Waals surface area contributed by atoms with Crippen molar-refractivity contribution in [2.24, 2.45) is 0 Å². The zero-order valence-electron chi connectivity index (χ0n) is 50.4. The molecule has 0 saturated heterocycles. The summed E-state index contributed by atoms with van der Waals surface area (Å²) in [6.07, 6.45) is 75.2. The van der Waals surface area contributed by atoms with Crippen LogP contribution in [0.25, 0.3) is 0 Å². The Bertz CT molecular complexity index is 1150. The lowest BCUT2D eigenvalue weighted by atomic mass is 10.0. The van der Waals surface area contributed by atoms with Gasteiger partial charge in [-0.3, -0.25) is 14.4 Å². The van der Waals surface area contributed by atoms with Gasteiger partial charge in [-0.1, -0.05) is 335 Å². The summed E-state index contributed by atoms with van der Waals surface area (Å²) in [5, 5.41) is 0. The molecule has 1 atom stereocenters. The summed E-state index contributed by atoms with van der Waals surface area (Å²) < 4.78 is 17.0. The maximum absolute atomic E-state index is 12.9. The summed E-state index contributed by atoms with van der Waals surface area (Å²) >= 11 is 0. The van der Waals surface area contributed by atoms with Gasteiger partial charge in [-0.15, -0.1) is 0 Å². The van der Waals surface area contributed by atoms with E-state index in [1.54, 1.807) is 0 Å². The SMILES string of the molecule is CCCCCCCCCC/C=C\CCCCCCCCCCCC(=O)OC(COC(=O)CCCCCCCCCCCCCC)COC(=O)CCCCCCCCCCCCCCCCCCCCCCCCC. The molecule has 74 heavy (non-hydrogen) atoms. The predicted octanol–water partition coefficient (Wildman–Crippen LogP) is 22.8. The highest BCUT2D eigenvalue weighted by atomic mass is 16.6. The second-order valence-electron chi connectivity index (χ2n) is 23.1. The van der Waals surface area contributed by atoms with Crippen LogP contribution in [0, 0.1) is 0 Å². The van der Waals surface area contributed by atoms with Crippen LogP contribution in [-0.4, -0.2) is 37.2 Å². The quantitative estimate of drug-likeness (QED) is 0.0261. The van der Waals surface area contributed by atoms with Gasteiger partial charge in [0.05, 0.1) is 0 Å². The van der Waals surface area contributed by atoms with E-state index in [-0.39, 0.29) is 31.1 Å². The van der Waals surface area contributed by atoms with Crippen molar-refractivity contribution in [2.45, 2.75) is 393 Å². The number of esters is 3. The smallest absolute Gasteiger partial charge is 0.306 e. The molecule has 1 unspecified atom stereocenters. The highest BCUT2D eigenvalue weighted by Gasteiger charge is 2.19. The van der Waals surface area contributed by atoms with E-state index in [0.29, 0.717) is 19.3 Å². The average Bonchev–Trinajstić information content (AvgIpc) is 3.40. The molecule has 0 amide bonds. The first kappa shape index (κ1) is 72.2. The summed E-state index contributed by atoms with van der Waals surface area (Å²) in [6, 6.07) is 0. The summed E-state index contributed by atoms with van der Waals surface area (Å²) in [5.41, 5.74) is 0. The Kier molecular flexibility index (Phi) is 62.1. The molecule has 6 heteroatoms. The number of ether oxygens (including phenoxy) is 3. The van der Waals surface area contributed by atoms with E-state index in [2.05, 4.69) is 32.9 Å². The van der Waals surface area contributed by atoms with Gasteiger partial charge in [-0.25, -0.2) is 0 Å². The van der Waals surface area contributed by atoms with Gasteiger partial charge in [0.25, 0.3) is 0 Å². The summed E-state index contributed by atoms with van der Waals surface area (Å²) in [5.74, 6) is -0.834. The number of rotatable bonds is 63. The van der Waals surface area contributed by atoms with Crippen molar-refractivity contribution in [3.8, 4) is 0 Å². The van der Waals surface area contributed by atoms with Gasteiger partial charge >= 0.3 is 17.9 Å². The van der Waals surface area contributed by atoms with Crippen LogP contribution in [0.4, 0.5) is 0 Å². The molecular weight excluding hydrogens is 913 g/mol. The molecule has 0 aliphatic carbocycles. The number of hydrogen-bond donors (Lipinski definition) is 0. The van der Waals surface area contributed by atoms with Gasteiger partial charge in [0.15, 0.2) is 6.10 Å². The van der Waals surface area contributed by atoms with Gasteiger partial charge < -0.3 is 14.2 Å². The van der Waals surface area contributed by atoms with Crippen molar-refractivity contribution < 1.29 is 28.6 Å². The minimum absolute atomic E-state index is 0.0641. The number of unbranched alkanes of at least 4 members (excludes halogenated alkanes) is 50. The molecule has 0 aromatic rings. The van der Waals surface area contributed by atoms with Gasteiger partial charge in [0, 0.05) is 19.3 Å². The van der Waals surface area contributed by atoms with E-state index in [1.165, 1.54) is 289 Å². The molecule has 0 spiro atoms. The molecule has 0 heterocycles. The van der Waals surface area contributed by atoms with Crippen molar-refractivity contribution in [3.05, 3.63) is 12.2 Å². The molecule has 0 rings (SSSR count). The minimum atomic E-state index is -0.767. The Hall–Kier alpha value is -1.85. The van der Waals surface area contributed by atoms with Crippen molar-refractivity contribution in [1.82, 2.24) is 0 Å². The maximum Gasteiger partial charge on any atom is 0.306 e. The van der Waals surface area contributed by atoms with Crippen molar-refractivity contribution in [2.75, 3.05) is 13.2 Å². The third kappa shape index (κ3) is 61.0. The highest BCUT2D eigenvalue weighted by molar-refractivity contribution is 5.71. The summed E-state index contributed by atoms with van der Waals surface area (Å²) in [7, 11) is 0. The van der Waals surface area contributed by atoms with Crippen LogP contribution in [0.1, 0.15) is 387 Å². The molecular formula is C68H130O6. The van der Waals surface area contributed by atoms with E-state index in [4.69, 9.17) is 14.2 Å². The number of carbonyl (C=O) groups is 3. The van der Waals surface area contributed by atoms with Gasteiger partial charge in [0.1, 0.15) is 13.2 Å². The zero-order chi connectivity index (χ0) is 53.6. The van der Waals surface area contributed by atoms with E-state index in [1.807, 2.05) is 0 Å². The topological polar surface area (TPSA) is 78.9 Å². The molecule has 0 aromatic heterocycles. The maximum atomic E-state index is 12.9. The third-order valence-electron chi connectivity index (χ3n) is 15.5. The molecule has 438 valence electrons. The lowest BCUT2D eigenvalue weighted by Crippen LogP contribution is -2.30. The predicted molar refractivity (Wildman–Crippen MR) is 321 cm³/mol. The Morgan fingerprint density at radius 1 is 0.257 bits per heavy atom. The Morgan fingerprint density at radius 3 is 0.676 bits per heavy atom. The zero-order valence-corrected chi connectivity index (χ0v) is 50.4. The molecule has 0 aromatic carbocycles. The number of carbonyl (C=O) groups excluding carboxylic acids is 3. The van der Waals surface area contributed by atoms with Crippen LogP contribution in [0.15, 0.2) is 12.2 Å².